The number of hydrogen-bond donors (Lipinski definition) is 0. The maximum absolute atomic E-state index is 12.5. The average molecular weight is 377 g/mol. The number of ether oxygens (including phenoxy) is 2. The quantitative estimate of drug-likeness (QED) is 0.673. The minimum Gasteiger partial charge on any atom is -0.489 e. The molecule has 0 atom stereocenters. The van der Waals surface area contributed by atoms with E-state index in [2.05, 4.69) is 4.98 Å². The molecule has 0 unspecified atom stereocenters. The molecule has 1 aliphatic rings. The molecule has 26 heavy (non-hydrogen) atoms. The Hall–Kier alpha value is -2.74. The third-order valence-corrected chi connectivity index (χ3v) is 4.71. The SMILES string of the molecule is Cn1c(=O)c2c(ncn2Cc2cc(Cl)c3c(c2)OCCCO3)n(C)c1=O. The van der Waals surface area contributed by atoms with Crippen LogP contribution < -0.4 is 20.7 Å². The second-order valence-electron chi connectivity index (χ2n) is 6.21. The molecule has 0 saturated carbocycles. The van der Waals surface area contributed by atoms with Gasteiger partial charge in [0.1, 0.15) is 0 Å². The van der Waals surface area contributed by atoms with Crippen molar-refractivity contribution in [2.45, 2.75) is 13.0 Å². The van der Waals surface area contributed by atoms with Crippen LogP contribution >= 0.6 is 11.6 Å². The van der Waals surface area contributed by atoms with E-state index in [9.17, 15) is 9.59 Å². The first-order chi connectivity index (χ1) is 12.5. The highest BCUT2D eigenvalue weighted by Crippen LogP contribution is 2.38. The van der Waals surface area contributed by atoms with Crippen LogP contribution in [0, 0.1) is 0 Å². The Labute approximate surface area is 153 Å². The topological polar surface area (TPSA) is 80.3 Å². The van der Waals surface area contributed by atoms with Crippen molar-refractivity contribution in [1.29, 1.82) is 0 Å². The summed E-state index contributed by atoms with van der Waals surface area (Å²) < 4.78 is 15.5. The molecule has 0 N–H and O–H groups in total. The van der Waals surface area contributed by atoms with Crippen molar-refractivity contribution < 1.29 is 9.47 Å². The number of aromatic nitrogens is 4. The predicted octanol–water partition coefficient (Wildman–Crippen LogP) is 1.30. The summed E-state index contributed by atoms with van der Waals surface area (Å²) in [5.41, 5.74) is 0.748. The lowest BCUT2D eigenvalue weighted by molar-refractivity contribution is 0.297. The first-order valence-corrected chi connectivity index (χ1v) is 8.54. The van der Waals surface area contributed by atoms with E-state index < -0.39 is 5.69 Å². The highest BCUT2D eigenvalue weighted by molar-refractivity contribution is 6.32. The molecule has 0 amide bonds. The van der Waals surface area contributed by atoms with Gasteiger partial charge in [-0.05, 0) is 17.7 Å². The fraction of sp³-hybridized carbons (Fsp3) is 0.353. The summed E-state index contributed by atoms with van der Waals surface area (Å²) >= 11 is 6.34. The zero-order valence-electron chi connectivity index (χ0n) is 14.4. The molecule has 8 nitrogen and oxygen atoms in total. The van der Waals surface area contributed by atoms with Gasteiger partial charge in [0.2, 0.25) is 0 Å². The highest BCUT2D eigenvalue weighted by Gasteiger charge is 2.18. The van der Waals surface area contributed by atoms with Crippen LogP contribution in [0.3, 0.4) is 0 Å². The zero-order valence-corrected chi connectivity index (χ0v) is 15.1. The van der Waals surface area contributed by atoms with Crippen LogP contribution in [0.1, 0.15) is 12.0 Å². The molecule has 0 spiro atoms. The summed E-state index contributed by atoms with van der Waals surface area (Å²) in [6, 6.07) is 3.64. The van der Waals surface area contributed by atoms with Gasteiger partial charge in [-0.3, -0.25) is 13.9 Å². The minimum absolute atomic E-state index is 0.346. The van der Waals surface area contributed by atoms with Gasteiger partial charge in [0, 0.05) is 27.1 Å². The fourth-order valence-electron chi connectivity index (χ4n) is 3.09. The van der Waals surface area contributed by atoms with Gasteiger partial charge < -0.3 is 14.0 Å². The van der Waals surface area contributed by atoms with E-state index in [1.54, 1.807) is 24.0 Å². The molecule has 9 heteroatoms. The van der Waals surface area contributed by atoms with Gasteiger partial charge in [0.25, 0.3) is 5.56 Å². The summed E-state index contributed by atoms with van der Waals surface area (Å²) in [4.78, 5) is 28.8. The van der Waals surface area contributed by atoms with E-state index in [0.717, 1.165) is 16.6 Å². The maximum atomic E-state index is 12.5. The largest absolute Gasteiger partial charge is 0.489 e. The second kappa shape index (κ2) is 6.21. The number of benzene rings is 1. The lowest BCUT2D eigenvalue weighted by Crippen LogP contribution is -2.37. The molecule has 0 aliphatic carbocycles. The molecule has 0 fully saturated rings. The molecule has 0 saturated heterocycles. The zero-order chi connectivity index (χ0) is 18.4. The first-order valence-electron chi connectivity index (χ1n) is 8.16. The van der Waals surface area contributed by atoms with Crippen LogP contribution in [0.15, 0.2) is 28.0 Å². The lowest BCUT2D eigenvalue weighted by Gasteiger charge is -2.12. The standard InChI is InChI=1S/C17H17ClN4O4/c1-20-15-13(16(23)21(2)17(20)24)22(9-19-15)8-10-6-11(18)14-12(7-10)25-4-3-5-26-14/h6-7,9H,3-5,8H2,1-2H3. The number of aryl methyl sites for hydroxylation is 1. The van der Waals surface area contributed by atoms with Crippen LogP contribution in [-0.2, 0) is 20.6 Å². The van der Waals surface area contributed by atoms with Crippen molar-refractivity contribution >= 4 is 22.8 Å². The van der Waals surface area contributed by atoms with Gasteiger partial charge in [-0.2, -0.15) is 0 Å². The molecular formula is C17H17ClN4O4. The summed E-state index contributed by atoms with van der Waals surface area (Å²) in [5, 5.41) is 0.462. The summed E-state index contributed by atoms with van der Waals surface area (Å²) in [6.45, 7) is 1.48. The van der Waals surface area contributed by atoms with Crippen molar-refractivity contribution in [2.75, 3.05) is 13.2 Å². The number of halogens is 1. The van der Waals surface area contributed by atoms with E-state index in [4.69, 9.17) is 21.1 Å². The lowest BCUT2D eigenvalue weighted by atomic mass is 10.2. The molecule has 3 heterocycles. The van der Waals surface area contributed by atoms with E-state index in [1.807, 2.05) is 6.07 Å². The molecule has 0 bridgehead atoms. The normalized spacial score (nSPS) is 13.8. The Bertz CT molecular complexity index is 1130. The van der Waals surface area contributed by atoms with Crippen molar-refractivity contribution in [2.24, 2.45) is 14.1 Å². The van der Waals surface area contributed by atoms with Gasteiger partial charge in [-0.15, -0.1) is 0 Å². The van der Waals surface area contributed by atoms with Gasteiger partial charge in [0.05, 0.1) is 24.6 Å². The van der Waals surface area contributed by atoms with Crippen LogP contribution in [0.5, 0.6) is 11.5 Å². The van der Waals surface area contributed by atoms with E-state index in [0.29, 0.717) is 47.4 Å². The fourth-order valence-corrected chi connectivity index (χ4v) is 3.38. The van der Waals surface area contributed by atoms with Gasteiger partial charge >= 0.3 is 5.69 Å². The van der Waals surface area contributed by atoms with Crippen LogP contribution in [0.25, 0.3) is 11.2 Å². The molecule has 0 radical (unpaired) electrons. The Morgan fingerprint density at radius 3 is 2.73 bits per heavy atom. The summed E-state index contributed by atoms with van der Waals surface area (Å²) in [7, 11) is 3.04. The molecule has 1 aromatic carbocycles. The number of rotatable bonds is 2. The van der Waals surface area contributed by atoms with E-state index in [1.165, 1.54) is 11.6 Å². The Kier molecular flexibility index (Phi) is 3.99. The molecule has 2 aromatic heterocycles. The first kappa shape index (κ1) is 16.7. The van der Waals surface area contributed by atoms with Crippen LogP contribution in [0.2, 0.25) is 5.02 Å². The Morgan fingerprint density at radius 1 is 1.15 bits per heavy atom. The highest BCUT2D eigenvalue weighted by atomic mass is 35.5. The van der Waals surface area contributed by atoms with Gasteiger partial charge in [-0.25, -0.2) is 9.78 Å². The number of nitrogens with zero attached hydrogens (tertiary/aromatic N) is 4. The van der Waals surface area contributed by atoms with Crippen molar-refractivity contribution in [3.05, 3.63) is 49.9 Å². The van der Waals surface area contributed by atoms with Crippen LogP contribution in [0.4, 0.5) is 0 Å². The van der Waals surface area contributed by atoms with Crippen LogP contribution in [-0.4, -0.2) is 31.9 Å². The summed E-state index contributed by atoms with van der Waals surface area (Å²) in [5.74, 6) is 1.14. The number of imidazole rings is 1. The van der Waals surface area contributed by atoms with Crippen molar-refractivity contribution in [3.8, 4) is 11.5 Å². The van der Waals surface area contributed by atoms with E-state index >= 15 is 0 Å². The second-order valence-corrected chi connectivity index (χ2v) is 6.61. The van der Waals surface area contributed by atoms with Crippen molar-refractivity contribution in [1.82, 2.24) is 18.7 Å². The summed E-state index contributed by atoms with van der Waals surface area (Å²) in [6.07, 6.45) is 2.33. The van der Waals surface area contributed by atoms with Gasteiger partial charge in [-0.1, -0.05) is 11.6 Å². The molecular weight excluding hydrogens is 360 g/mol. The molecule has 136 valence electrons. The molecule has 1 aliphatic heterocycles. The van der Waals surface area contributed by atoms with Gasteiger partial charge in [0.15, 0.2) is 22.7 Å². The third kappa shape index (κ3) is 2.57. The maximum Gasteiger partial charge on any atom is 0.332 e. The van der Waals surface area contributed by atoms with Crippen molar-refractivity contribution in [3.63, 3.8) is 0 Å². The smallest absolute Gasteiger partial charge is 0.332 e. The average Bonchev–Trinajstić information content (AvgIpc) is 2.87. The predicted molar refractivity (Wildman–Crippen MR) is 96.4 cm³/mol. The minimum atomic E-state index is -0.411. The number of fused-ring (bicyclic) bond motifs is 2. The Balaban J connectivity index is 1.82. The van der Waals surface area contributed by atoms with E-state index in [-0.39, 0.29) is 5.56 Å². The number of hydrogen-bond acceptors (Lipinski definition) is 5. The monoisotopic (exact) mass is 376 g/mol. The Morgan fingerprint density at radius 2 is 1.92 bits per heavy atom. The molecule has 4 rings (SSSR count). The third-order valence-electron chi connectivity index (χ3n) is 4.43. The molecule has 3 aromatic rings.